The van der Waals surface area contributed by atoms with E-state index in [0.717, 1.165) is 35.2 Å². The van der Waals surface area contributed by atoms with Crippen LogP contribution in [0.15, 0.2) is 0 Å². The van der Waals surface area contributed by atoms with Gasteiger partial charge in [-0.25, -0.2) is 4.98 Å². The summed E-state index contributed by atoms with van der Waals surface area (Å²) < 4.78 is 0. The minimum Gasteiger partial charge on any atom is -0.348 e. The Kier molecular flexibility index (Phi) is 3.79. The van der Waals surface area contributed by atoms with Gasteiger partial charge in [0.2, 0.25) is 0 Å². The molecule has 1 aliphatic rings. The SMILES string of the molecule is CCc1nc(N2CCCCCC2)sc1C#N. The van der Waals surface area contributed by atoms with E-state index in [4.69, 9.17) is 5.26 Å². The molecule has 3 nitrogen and oxygen atoms in total. The van der Waals surface area contributed by atoms with Crippen LogP contribution in [0.2, 0.25) is 0 Å². The summed E-state index contributed by atoms with van der Waals surface area (Å²) in [6, 6.07) is 2.25. The molecule has 0 aromatic carbocycles. The normalized spacial score (nSPS) is 16.9. The van der Waals surface area contributed by atoms with Crippen molar-refractivity contribution < 1.29 is 0 Å². The van der Waals surface area contributed by atoms with Crippen molar-refractivity contribution in [3.8, 4) is 6.07 Å². The van der Waals surface area contributed by atoms with Gasteiger partial charge >= 0.3 is 0 Å². The number of hydrogen-bond donors (Lipinski definition) is 0. The largest absolute Gasteiger partial charge is 0.348 e. The number of nitriles is 1. The van der Waals surface area contributed by atoms with E-state index in [1.165, 1.54) is 25.7 Å². The van der Waals surface area contributed by atoms with E-state index in [9.17, 15) is 0 Å². The van der Waals surface area contributed by atoms with Crippen molar-refractivity contribution in [2.45, 2.75) is 39.0 Å². The van der Waals surface area contributed by atoms with E-state index in [1.54, 1.807) is 11.3 Å². The molecule has 0 saturated carbocycles. The lowest BCUT2D eigenvalue weighted by molar-refractivity contribution is 0.726. The Morgan fingerprint density at radius 2 is 2.00 bits per heavy atom. The summed E-state index contributed by atoms with van der Waals surface area (Å²) in [6.07, 6.45) is 6.01. The fraction of sp³-hybridized carbons (Fsp3) is 0.667. The monoisotopic (exact) mass is 235 g/mol. The van der Waals surface area contributed by atoms with E-state index < -0.39 is 0 Å². The van der Waals surface area contributed by atoms with Crippen LogP contribution in [0.1, 0.15) is 43.2 Å². The van der Waals surface area contributed by atoms with Gasteiger partial charge < -0.3 is 4.90 Å². The smallest absolute Gasteiger partial charge is 0.186 e. The highest BCUT2D eigenvalue weighted by atomic mass is 32.1. The molecule has 1 aromatic rings. The van der Waals surface area contributed by atoms with Gasteiger partial charge in [-0.3, -0.25) is 0 Å². The van der Waals surface area contributed by atoms with E-state index in [0.29, 0.717) is 0 Å². The highest BCUT2D eigenvalue weighted by Crippen LogP contribution is 2.27. The number of anilines is 1. The number of aromatic nitrogens is 1. The molecule has 0 amide bonds. The first-order chi connectivity index (χ1) is 7.85. The van der Waals surface area contributed by atoms with E-state index in [1.807, 2.05) is 0 Å². The maximum atomic E-state index is 9.02. The summed E-state index contributed by atoms with van der Waals surface area (Å²) in [5.74, 6) is 0. The fourth-order valence-electron chi connectivity index (χ4n) is 2.06. The van der Waals surface area contributed by atoms with Crippen molar-refractivity contribution in [1.82, 2.24) is 4.98 Å². The molecule has 1 aromatic heterocycles. The van der Waals surface area contributed by atoms with Gasteiger partial charge in [-0.2, -0.15) is 5.26 Å². The minimum absolute atomic E-state index is 0.793. The van der Waals surface area contributed by atoms with Gasteiger partial charge in [0, 0.05) is 13.1 Å². The maximum Gasteiger partial charge on any atom is 0.186 e. The van der Waals surface area contributed by atoms with Crippen molar-refractivity contribution >= 4 is 16.5 Å². The molecule has 2 heterocycles. The quantitative estimate of drug-likeness (QED) is 0.791. The molecule has 0 bridgehead atoms. The first-order valence-electron chi connectivity index (χ1n) is 6.00. The lowest BCUT2D eigenvalue weighted by Gasteiger charge is -2.18. The number of thiazole rings is 1. The van der Waals surface area contributed by atoms with Crippen LogP contribution >= 0.6 is 11.3 Å². The van der Waals surface area contributed by atoms with Crippen molar-refractivity contribution in [2.24, 2.45) is 0 Å². The fourth-order valence-corrected chi connectivity index (χ4v) is 3.07. The molecule has 0 aliphatic carbocycles. The van der Waals surface area contributed by atoms with Gasteiger partial charge in [0.25, 0.3) is 0 Å². The molecule has 1 aliphatic heterocycles. The molecule has 1 saturated heterocycles. The lowest BCUT2D eigenvalue weighted by Crippen LogP contribution is -2.23. The first kappa shape index (κ1) is 11.4. The highest BCUT2D eigenvalue weighted by Gasteiger charge is 2.16. The molecule has 0 unspecified atom stereocenters. The van der Waals surface area contributed by atoms with Crippen LogP contribution in [0.4, 0.5) is 5.13 Å². The average Bonchev–Trinajstić information content (AvgIpc) is 2.54. The third kappa shape index (κ3) is 2.35. The third-order valence-electron chi connectivity index (χ3n) is 3.00. The van der Waals surface area contributed by atoms with Crippen molar-refractivity contribution in [3.05, 3.63) is 10.6 Å². The summed E-state index contributed by atoms with van der Waals surface area (Å²) in [6.45, 7) is 4.26. The molecule has 4 heteroatoms. The topological polar surface area (TPSA) is 39.9 Å². The van der Waals surface area contributed by atoms with Crippen molar-refractivity contribution in [3.63, 3.8) is 0 Å². The molecule has 0 spiro atoms. The zero-order valence-electron chi connectivity index (χ0n) is 9.70. The first-order valence-corrected chi connectivity index (χ1v) is 6.81. The van der Waals surface area contributed by atoms with E-state index in [-0.39, 0.29) is 0 Å². The van der Waals surface area contributed by atoms with Gasteiger partial charge in [-0.05, 0) is 19.3 Å². The molecule has 16 heavy (non-hydrogen) atoms. The van der Waals surface area contributed by atoms with E-state index in [2.05, 4.69) is 22.9 Å². The molecule has 2 rings (SSSR count). The Labute approximate surface area is 101 Å². The van der Waals surface area contributed by atoms with Gasteiger partial charge in [0.05, 0.1) is 5.69 Å². The molecule has 0 N–H and O–H groups in total. The number of aryl methyl sites for hydroxylation is 1. The second-order valence-corrected chi connectivity index (χ2v) is 5.12. The summed E-state index contributed by atoms with van der Waals surface area (Å²) in [7, 11) is 0. The van der Waals surface area contributed by atoms with Gasteiger partial charge in [0.15, 0.2) is 5.13 Å². The van der Waals surface area contributed by atoms with Crippen molar-refractivity contribution in [1.29, 1.82) is 5.26 Å². The molecular weight excluding hydrogens is 218 g/mol. The van der Waals surface area contributed by atoms with Crippen LogP contribution in [0.5, 0.6) is 0 Å². The Balaban J connectivity index is 2.19. The third-order valence-corrected chi connectivity index (χ3v) is 4.06. The van der Waals surface area contributed by atoms with Gasteiger partial charge in [0.1, 0.15) is 10.9 Å². The van der Waals surface area contributed by atoms with Crippen LogP contribution < -0.4 is 4.90 Å². The second-order valence-electron chi connectivity index (χ2n) is 4.14. The molecule has 0 atom stereocenters. The standard InChI is InChI=1S/C12H17N3S/c1-2-10-11(9-13)16-12(14-10)15-7-5-3-4-6-8-15/h2-8H2,1H3. The Morgan fingerprint density at radius 3 is 2.50 bits per heavy atom. The average molecular weight is 235 g/mol. The number of nitrogens with zero attached hydrogens (tertiary/aromatic N) is 3. The van der Waals surface area contributed by atoms with Crippen LogP contribution in [0.3, 0.4) is 0 Å². The molecular formula is C12H17N3S. The number of rotatable bonds is 2. The summed E-state index contributed by atoms with van der Waals surface area (Å²) in [5.41, 5.74) is 0.965. The minimum atomic E-state index is 0.793. The van der Waals surface area contributed by atoms with Crippen molar-refractivity contribution in [2.75, 3.05) is 18.0 Å². The summed E-state index contributed by atoms with van der Waals surface area (Å²) >= 11 is 1.55. The lowest BCUT2D eigenvalue weighted by atomic mass is 10.2. The van der Waals surface area contributed by atoms with Gasteiger partial charge in [-0.15, -0.1) is 0 Å². The maximum absolute atomic E-state index is 9.02. The predicted octanol–water partition coefficient (Wildman–Crippen LogP) is 2.96. The van der Waals surface area contributed by atoms with Gasteiger partial charge in [-0.1, -0.05) is 31.1 Å². The molecule has 86 valence electrons. The second kappa shape index (κ2) is 5.31. The highest BCUT2D eigenvalue weighted by molar-refractivity contribution is 7.16. The summed E-state index contributed by atoms with van der Waals surface area (Å²) in [4.78, 5) is 7.72. The molecule has 1 fully saturated rings. The Morgan fingerprint density at radius 1 is 1.31 bits per heavy atom. The van der Waals surface area contributed by atoms with Crippen LogP contribution in [0.25, 0.3) is 0 Å². The number of hydrogen-bond acceptors (Lipinski definition) is 4. The zero-order chi connectivity index (χ0) is 11.4. The Hall–Kier alpha value is -1.08. The summed E-state index contributed by atoms with van der Waals surface area (Å²) in [5, 5.41) is 10.1. The van der Waals surface area contributed by atoms with Crippen LogP contribution in [-0.2, 0) is 6.42 Å². The Bertz CT molecular complexity index is 383. The van der Waals surface area contributed by atoms with E-state index >= 15 is 0 Å². The zero-order valence-corrected chi connectivity index (χ0v) is 10.5. The van der Waals surface area contributed by atoms with Crippen LogP contribution in [0, 0.1) is 11.3 Å². The molecule has 0 radical (unpaired) electrons. The van der Waals surface area contributed by atoms with Crippen LogP contribution in [-0.4, -0.2) is 18.1 Å². The predicted molar refractivity (Wildman–Crippen MR) is 66.9 cm³/mol.